The zero-order valence-corrected chi connectivity index (χ0v) is 15.0. The van der Waals surface area contributed by atoms with Crippen LogP contribution in [0, 0.1) is 20.8 Å². The standard InChI is InChI=1S/C19H18N2O3S/c1-10-6-11(2)8-14(7-10)17(19(23)24)21-18(22)13-4-5-15-16(9-13)25-12(3)20-15/h4-9,17H,1-3H3,(H,21,22)(H,23,24). The Bertz CT molecular complexity index is 958. The van der Waals surface area contributed by atoms with Gasteiger partial charge in [0, 0.05) is 5.56 Å². The number of carbonyl (C=O) groups excluding carboxylic acids is 1. The summed E-state index contributed by atoms with van der Waals surface area (Å²) in [4.78, 5) is 28.6. The predicted octanol–water partition coefficient (Wildman–Crippen LogP) is 3.78. The average molecular weight is 354 g/mol. The van der Waals surface area contributed by atoms with Gasteiger partial charge in [-0.2, -0.15) is 0 Å². The largest absolute Gasteiger partial charge is 0.479 e. The van der Waals surface area contributed by atoms with Crippen LogP contribution in [0.4, 0.5) is 0 Å². The SMILES string of the molecule is Cc1cc(C)cc(C(NC(=O)c2ccc3nc(C)sc3c2)C(=O)O)c1. The van der Waals surface area contributed by atoms with E-state index in [0.717, 1.165) is 26.4 Å². The summed E-state index contributed by atoms with van der Waals surface area (Å²) < 4.78 is 0.906. The minimum atomic E-state index is -1.09. The second kappa shape index (κ2) is 6.64. The molecule has 0 radical (unpaired) electrons. The van der Waals surface area contributed by atoms with Gasteiger partial charge < -0.3 is 10.4 Å². The van der Waals surface area contributed by atoms with Crippen LogP contribution in [-0.2, 0) is 4.79 Å². The van der Waals surface area contributed by atoms with Gasteiger partial charge in [-0.1, -0.05) is 29.3 Å². The smallest absolute Gasteiger partial charge is 0.330 e. The van der Waals surface area contributed by atoms with E-state index < -0.39 is 17.9 Å². The van der Waals surface area contributed by atoms with Gasteiger partial charge in [-0.3, -0.25) is 4.79 Å². The number of aryl methyl sites for hydroxylation is 3. The molecule has 0 bridgehead atoms. The monoisotopic (exact) mass is 354 g/mol. The van der Waals surface area contributed by atoms with Gasteiger partial charge in [0.05, 0.1) is 15.2 Å². The van der Waals surface area contributed by atoms with Crippen molar-refractivity contribution in [3.63, 3.8) is 0 Å². The number of carboxylic acids is 1. The molecule has 5 nitrogen and oxygen atoms in total. The Morgan fingerprint density at radius 3 is 2.40 bits per heavy atom. The number of fused-ring (bicyclic) bond motifs is 1. The fourth-order valence-corrected chi connectivity index (χ4v) is 3.73. The molecule has 6 heteroatoms. The van der Waals surface area contributed by atoms with Gasteiger partial charge in [0.15, 0.2) is 6.04 Å². The summed E-state index contributed by atoms with van der Waals surface area (Å²) in [6, 6.07) is 9.62. The van der Waals surface area contributed by atoms with Gasteiger partial charge in [-0.15, -0.1) is 11.3 Å². The molecule has 2 aromatic carbocycles. The number of rotatable bonds is 4. The minimum Gasteiger partial charge on any atom is -0.479 e. The summed E-state index contributed by atoms with van der Waals surface area (Å²) >= 11 is 1.50. The highest BCUT2D eigenvalue weighted by Gasteiger charge is 2.23. The third-order valence-corrected chi connectivity index (χ3v) is 4.79. The average Bonchev–Trinajstić information content (AvgIpc) is 2.90. The lowest BCUT2D eigenvalue weighted by atomic mass is 10.0. The molecule has 0 fully saturated rings. The Kier molecular flexibility index (Phi) is 4.55. The second-order valence-electron chi connectivity index (χ2n) is 6.08. The maximum absolute atomic E-state index is 12.6. The van der Waals surface area contributed by atoms with Crippen LogP contribution in [0.15, 0.2) is 36.4 Å². The van der Waals surface area contributed by atoms with Gasteiger partial charge in [0.25, 0.3) is 5.91 Å². The van der Waals surface area contributed by atoms with Crippen LogP contribution in [-0.4, -0.2) is 22.0 Å². The molecule has 1 aromatic heterocycles. The molecule has 1 atom stereocenters. The Balaban J connectivity index is 1.90. The predicted molar refractivity (Wildman–Crippen MR) is 98.1 cm³/mol. The van der Waals surface area contributed by atoms with Gasteiger partial charge in [0.2, 0.25) is 0 Å². The van der Waals surface area contributed by atoms with E-state index in [9.17, 15) is 14.7 Å². The lowest BCUT2D eigenvalue weighted by Gasteiger charge is -2.16. The van der Waals surface area contributed by atoms with Crippen molar-refractivity contribution < 1.29 is 14.7 Å². The quantitative estimate of drug-likeness (QED) is 0.747. The molecule has 2 N–H and O–H groups in total. The molecular formula is C19H18N2O3S. The molecule has 0 aliphatic rings. The topological polar surface area (TPSA) is 79.3 Å². The molecule has 1 unspecified atom stereocenters. The first-order valence-electron chi connectivity index (χ1n) is 7.82. The minimum absolute atomic E-state index is 0.417. The van der Waals surface area contributed by atoms with Crippen LogP contribution in [0.5, 0.6) is 0 Å². The second-order valence-corrected chi connectivity index (χ2v) is 7.32. The molecule has 1 amide bonds. The van der Waals surface area contributed by atoms with Crippen LogP contribution < -0.4 is 5.32 Å². The van der Waals surface area contributed by atoms with Gasteiger partial charge in [-0.05, 0) is 44.5 Å². The number of carboxylic acid groups (broad SMARTS) is 1. The number of hydrogen-bond donors (Lipinski definition) is 2. The number of aromatic nitrogens is 1. The summed E-state index contributed by atoms with van der Waals surface area (Å²) in [6.45, 7) is 5.71. The first kappa shape index (κ1) is 17.1. The molecule has 0 spiro atoms. The number of nitrogens with one attached hydrogen (secondary N) is 1. The highest BCUT2D eigenvalue weighted by Crippen LogP contribution is 2.23. The molecule has 3 aromatic rings. The Morgan fingerprint density at radius 2 is 1.76 bits per heavy atom. The van der Waals surface area contributed by atoms with Gasteiger partial charge >= 0.3 is 5.97 Å². The van der Waals surface area contributed by atoms with E-state index in [1.54, 1.807) is 30.3 Å². The van der Waals surface area contributed by atoms with E-state index in [1.165, 1.54) is 11.3 Å². The normalized spacial score (nSPS) is 12.1. The van der Waals surface area contributed by atoms with Crippen LogP contribution in [0.3, 0.4) is 0 Å². The van der Waals surface area contributed by atoms with Crippen LogP contribution in [0.25, 0.3) is 10.2 Å². The van der Waals surface area contributed by atoms with E-state index >= 15 is 0 Å². The zero-order chi connectivity index (χ0) is 18.1. The van der Waals surface area contributed by atoms with E-state index in [2.05, 4.69) is 10.3 Å². The van der Waals surface area contributed by atoms with Crippen LogP contribution in [0.2, 0.25) is 0 Å². The van der Waals surface area contributed by atoms with Crippen LogP contribution in [0.1, 0.15) is 38.1 Å². The van der Waals surface area contributed by atoms with Crippen molar-refractivity contribution in [1.29, 1.82) is 0 Å². The summed E-state index contributed by atoms with van der Waals surface area (Å²) in [5.41, 5.74) is 3.73. The van der Waals surface area contributed by atoms with E-state index in [1.807, 2.05) is 26.8 Å². The number of aliphatic carboxylic acids is 1. The molecule has 0 aliphatic heterocycles. The van der Waals surface area contributed by atoms with Crippen molar-refractivity contribution in [2.24, 2.45) is 0 Å². The van der Waals surface area contributed by atoms with Crippen molar-refractivity contribution in [2.45, 2.75) is 26.8 Å². The maximum Gasteiger partial charge on any atom is 0.330 e. The number of amides is 1. The lowest BCUT2D eigenvalue weighted by molar-refractivity contribution is -0.139. The number of nitrogens with zero attached hydrogens (tertiary/aromatic N) is 1. The molecular weight excluding hydrogens is 336 g/mol. The number of hydrogen-bond acceptors (Lipinski definition) is 4. The molecule has 0 aliphatic carbocycles. The number of carbonyl (C=O) groups is 2. The summed E-state index contributed by atoms with van der Waals surface area (Å²) in [7, 11) is 0. The van der Waals surface area contributed by atoms with Crippen LogP contribution >= 0.6 is 11.3 Å². The fraction of sp³-hybridized carbons (Fsp3) is 0.211. The van der Waals surface area contributed by atoms with E-state index in [-0.39, 0.29) is 0 Å². The lowest BCUT2D eigenvalue weighted by Crippen LogP contribution is -2.33. The molecule has 25 heavy (non-hydrogen) atoms. The number of thiazole rings is 1. The summed E-state index contributed by atoms with van der Waals surface area (Å²) in [5.74, 6) is -1.51. The molecule has 0 saturated heterocycles. The molecule has 0 saturated carbocycles. The Hall–Kier alpha value is -2.73. The molecule has 3 rings (SSSR count). The van der Waals surface area contributed by atoms with E-state index in [4.69, 9.17) is 0 Å². The van der Waals surface area contributed by atoms with Crippen molar-refractivity contribution in [3.05, 3.63) is 63.7 Å². The van der Waals surface area contributed by atoms with Crippen molar-refractivity contribution >= 4 is 33.4 Å². The van der Waals surface area contributed by atoms with E-state index in [0.29, 0.717) is 11.1 Å². The molecule has 128 valence electrons. The Morgan fingerprint density at radius 1 is 1.08 bits per heavy atom. The maximum atomic E-state index is 12.6. The fourth-order valence-electron chi connectivity index (χ4n) is 2.86. The third kappa shape index (κ3) is 3.69. The summed E-state index contributed by atoms with van der Waals surface area (Å²) in [6.07, 6.45) is 0. The van der Waals surface area contributed by atoms with Crippen molar-refractivity contribution in [2.75, 3.05) is 0 Å². The highest BCUT2D eigenvalue weighted by atomic mass is 32.1. The highest BCUT2D eigenvalue weighted by molar-refractivity contribution is 7.18. The summed E-state index contributed by atoms with van der Waals surface area (Å²) in [5, 5.41) is 13.1. The first-order chi connectivity index (χ1) is 11.8. The van der Waals surface area contributed by atoms with Crippen molar-refractivity contribution in [1.82, 2.24) is 10.3 Å². The first-order valence-corrected chi connectivity index (χ1v) is 8.64. The zero-order valence-electron chi connectivity index (χ0n) is 14.2. The molecule has 1 heterocycles. The Labute approximate surface area is 149 Å². The van der Waals surface area contributed by atoms with Crippen molar-refractivity contribution in [3.8, 4) is 0 Å². The number of benzene rings is 2. The van der Waals surface area contributed by atoms with Gasteiger partial charge in [0.1, 0.15) is 0 Å². The third-order valence-electron chi connectivity index (χ3n) is 3.86. The van der Waals surface area contributed by atoms with Gasteiger partial charge in [-0.25, -0.2) is 9.78 Å².